The molecule has 10 heteroatoms. The second kappa shape index (κ2) is 13.1. The molecule has 0 spiro atoms. The molecule has 2 aliphatic rings. The third kappa shape index (κ3) is 6.24. The number of ether oxygens (including phenoxy) is 1. The summed E-state index contributed by atoms with van der Waals surface area (Å²) in [6.07, 6.45) is 13.9. The van der Waals surface area contributed by atoms with Crippen LogP contribution in [0.4, 0.5) is 14.6 Å². The minimum Gasteiger partial charge on any atom is -0.508 e. The summed E-state index contributed by atoms with van der Waals surface area (Å²) in [5.41, 5.74) is 7.18. The van der Waals surface area contributed by atoms with Gasteiger partial charge in [0.2, 0.25) is 0 Å². The maximum Gasteiger partial charge on any atom is 0.318 e. The van der Waals surface area contributed by atoms with Crippen molar-refractivity contribution in [1.82, 2.24) is 19.9 Å². The number of aromatic nitrogens is 3. The van der Waals surface area contributed by atoms with E-state index in [0.29, 0.717) is 59.3 Å². The highest BCUT2D eigenvalue weighted by atomic mass is 19.1. The second-order valence-electron chi connectivity index (χ2n) is 12.4. The monoisotopic (exact) mass is 614 g/mol. The molecule has 45 heavy (non-hydrogen) atoms. The summed E-state index contributed by atoms with van der Waals surface area (Å²) in [6.45, 7) is 6.55. The molecule has 2 aromatic carbocycles. The van der Waals surface area contributed by atoms with Crippen molar-refractivity contribution in [3.8, 4) is 35.4 Å². The Morgan fingerprint density at radius 2 is 1.98 bits per heavy atom. The largest absolute Gasteiger partial charge is 0.508 e. The van der Waals surface area contributed by atoms with E-state index in [1.54, 1.807) is 6.20 Å². The van der Waals surface area contributed by atoms with Gasteiger partial charge in [0.05, 0.1) is 28.8 Å². The van der Waals surface area contributed by atoms with Crippen LogP contribution in [0, 0.1) is 23.6 Å². The highest BCUT2D eigenvalue weighted by Crippen LogP contribution is 2.47. The van der Waals surface area contributed by atoms with Crippen molar-refractivity contribution in [3.63, 3.8) is 0 Å². The maximum absolute atomic E-state index is 15.2. The number of phenols is 1. The quantitative estimate of drug-likeness (QED) is 0.178. The fraction of sp³-hybridized carbons (Fsp3) is 0.457. The van der Waals surface area contributed by atoms with Gasteiger partial charge in [0.1, 0.15) is 24.1 Å². The fourth-order valence-electron chi connectivity index (χ4n) is 6.51. The molecule has 3 N–H and O–H groups in total. The van der Waals surface area contributed by atoms with Crippen LogP contribution in [-0.4, -0.2) is 70.8 Å². The van der Waals surface area contributed by atoms with E-state index >= 15 is 4.39 Å². The molecule has 8 nitrogen and oxygen atoms in total. The summed E-state index contributed by atoms with van der Waals surface area (Å²) in [5, 5.41) is 12.1. The van der Waals surface area contributed by atoms with E-state index in [1.165, 1.54) is 37.1 Å². The highest BCUT2D eigenvalue weighted by molar-refractivity contribution is 6.04. The first-order valence-corrected chi connectivity index (χ1v) is 15.9. The first-order valence-electron chi connectivity index (χ1n) is 15.9. The van der Waals surface area contributed by atoms with E-state index in [0.717, 1.165) is 45.3 Å². The smallest absolute Gasteiger partial charge is 0.318 e. The summed E-state index contributed by atoms with van der Waals surface area (Å²) < 4.78 is 36.5. The van der Waals surface area contributed by atoms with Crippen LogP contribution in [-0.2, 0) is 6.67 Å². The number of alkyl halides is 1. The summed E-state index contributed by atoms with van der Waals surface area (Å²) in [7, 11) is 0. The number of nitrogens with two attached hydrogens (primary N) is 1. The zero-order valence-corrected chi connectivity index (χ0v) is 25.8. The van der Waals surface area contributed by atoms with Crippen LogP contribution < -0.4 is 15.4 Å². The molecule has 0 bridgehead atoms. The second-order valence-corrected chi connectivity index (χ2v) is 12.4. The van der Waals surface area contributed by atoms with Gasteiger partial charge in [-0.15, -0.1) is 6.42 Å². The number of hydrogen-bond acceptors (Lipinski definition) is 8. The molecule has 1 saturated heterocycles. The van der Waals surface area contributed by atoms with Gasteiger partial charge >= 0.3 is 6.01 Å². The molecule has 0 amide bonds. The number of hydrogen-bond donors (Lipinski definition) is 2. The van der Waals surface area contributed by atoms with E-state index in [2.05, 4.69) is 27.6 Å². The van der Waals surface area contributed by atoms with Gasteiger partial charge in [-0.1, -0.05) is 25.3 Å². The van der Waals surface area contributed by atoms with Gasteiger partial charge in [-0.3, -0.25) is 4.98 Å². The van der Waals surface area contributed by atoms with Crippen molar-refractivity contribution in [2.24, 2.45) is 11.1 Å². The number of terminal acetylenes is 1. The number of halogens is 2. The van der Waals surface area contributed by atoms with Crippen molar-refractivity contribution < 1.29 is 18.6 Å². The van der Waals surface area contributed by atoms with Crippen molar-refractivity contribution in [2.45, 2.75) is 52.1 Å². The van der Waals surface area contributed by atoms with E-state index in [-0.39, 0.29) is 34.0 Å². The van der Waals surface area contributed by atoms with Gasteiger partial charge in [0.25, 0.3) is 0 Å². The van der Waals surface area contributed by atoms with E-state index in [4.69, 9.17) is 26.9 Å². The first-order chi connectivity index (χ1) is 21.9. The lowest BCUT2D eigenvalue weighted by Gasteiger charge is -2.26. The Hall–Kier alpha value is -4.07. The number of benzene rings is 2. The zero-order chi connectivity index (χ0) is 31.6. The van der Waals surface area contributed by atoms with Gasteiger partial charge in [-0.05, 0) is 68.8 Å². The Morgan fingerprint density at radius 3 is 2.67 bits per heavy atom. The van der Waals surface area contributed by atoms with E-state index < -0.39 is 12.5 Å². The molecule has 4 aromatic rings. The van der Waals surface area contributed by atoms with Crippen molar-refractivity contribution in [3.05, 3.63) is 47.4 Å². The predicted molar refractivity (Wildman–Crippen MR) is 174 cm³/mol. The third-order valence-corrected chi connectivity index (χ3v) is 9.09. The molecule has 0 atom stereocenters. The molecule has 1 aliphatic heterocycles. The summed E-state index contributed by atoms with van der Waals surface area (Å²) >= 11 is 0. The van der Waals surface area contributed by atoms with Gasteiger partial charge in [-0.25, -0.2) is 8.78 Å². The average Bonchev–Trinajstić information content (AvgIpc) is 3.62. The van der Waals surface area contributed by atoms with Gasteiger partial charge < -0.3 is 25.4 Å². The molecular formula is C35H40F2N6O2. The fourth-order valence-corrected chi connectivity index (χ4v) is 6.51. The Balaban J connectivity index is 1.50. The molecule has 2 aromatic heterocycles. The first kappa shape index (κ1) is 30.9. The lowest BCUT2D eigenvalue weighted by atomic mass is 9.94. The number of rotatable bonds is 13. The van der Waals surface area contributed by atoms with Crippen LogP contribution >= 0.6 is 0 Å². The molecule has 236 valence electrons. The molecule has 6 rings (SSSR count). The minimum absolute atomic E-state index is 0.0167. The molecule has 2 fully saturated rings. The number of likely N-dealkylation sites (tertiary alicyclic amines) is 1. The van der Waals surface area contributed by atoms with Gasteiger partial charge in [0, 0.05) is 54.3 Å². The number of nitrogens with zero attached hydrogens (tertiary/aromatic N) is 5. The van der Waals surface area contributed by atoms with Crippen LogP contribution in [0.3, 0.4) is 0 Å². The standard InChI is InChI=1S/C35H40F2N6O2/c1-3-5-15-43(16-12-38)33-28-20-39-31(26-18-24(44)17-23-8-9-29(37)25(4-2)30(23)26)27(19-36)32(28)40-34(41-33)45-22-35(10-11-35)21-42-13-6-7-14-42/h2,8-9,17-18,20,44H,3,5-7,10-16,19,21-22,38H2,1H3. The SMILES string of the molecule is C#Cc1c(F)ccc2cc(O)cc(-c3ncc4c(N(CCN)CCCC)nc(OCC5(CN6CCCC6)CC5)nc4c3CF)c12. The van der Waals surface area contributed by atoms with Crippen molar-refractivity contribution >= 4 is 27.5 Å². The van der Waals surface area contributed by atoms with Crippen LogP contribution in [0.2, 0.25) is 0 Å². The predicted octanol–water partition coefficient (Wildman–Crippen LogP) is 5.96. The number of fused-ring (bicyclic) bond motifs is 2. The normalized spacial score (nSPS) is 15.9. The number of unbranched alkanes of at least 4 members (excludes halogenated alkanes) is 1. The Morgan fingerprint density at radius 1 is 1.18 bits per heavy atom. The number of anilines is 1. The third-order valence-electron chi connectivity index (χ3n) is 9.09. The molecule has 1 aliphatic carbocycles. The van der Waals surface area contributed by atoms with Gasteiger partial charge in [-0.2, -0.15) is 9.97 Å². The molecular weight excluding hydrogens is 574 g/mol. The molecule has 0 radical (unpaired) electrons. The number of aromatic hydroxyl groups is 1. The van der Waals surface area contributed by atoms with Gasteiger partial charge in [0.15, 0.2) is 0 Å². The summed E-state index contributed by atoms with van der Waals surface area (Å²) in [5.74, 6) is 2.35. The zero-order valence-electron chi connectivity index (χ0n) is 25.8. The van der Waals surface area contributed by atoms with Crippen LogP contribution in [0.1, 0.15) is 56.6 Å². The topological polar surface area (TPSA) is 101 Å². The van der Waals surface area contributed by atoms with Crippen LogP contribution in [0.25, 0.3) is 32.9 Å². The van der Waals surface area contributed by atoms with Crippen LogP contribution in [0.15, 0.2) is 30.5 Å². The molecule has 1 saturated carbocycles. The van der Waals surface area contributed by atoms with Crippen molar-refractivity contribution in [1.29, 1.82) is 0 Å². The number of pyridine rings is 1. The molecule has 3 heterocycles. The summed E-state index contributed by atoms with van der Waals surface area (Å²) in [6, 6.07) is 5.90. The Kier molecular flexibility index (Phi) is 9.02. The average molecular weight is 615 g/mol. The lowest BCUT2D eigenvalue weighted by Crippen LogP contribution is -2.32. The van der Waals surface area contributed by atoms with Crippen LogP contribution in [0.5, 0.6) is 11.8 Å². The lowest BCUT2D eigenvalue weighted by molar-refractivity contribution is 0.170. The van der Waals surface area contributed by atoms with Crippen molar-refractivity contribution in [2.75, 3.05) is 50.8 Å². The minimum atomic E-state index is -0.918. The van der Waals surface area contributed by atoms with E-state index in [1.807, 2.05) is 0 Å². The summed E-state index contributed by atoms with van der Waals surface area (Å²) in [4.78, 5) is 18.9. The highest BCUT2D eigenvalue weighted by Gasteiger charge is 2.45. The van der Waals surface area contributed by atoms with E-state index in [9.17, 15) is 9.50 Å². The Bertz CT molecular complexity index is 1750. The maximum atomic E-state index is 15.2. The molecule has 0 unspecified atom stereocenters. The Labute approximate surface area is 262 Å². The number of phenolic OH excluding ortho intramolecular Hbond substituents is 1.